The molecular formula is C19H20ClFN4O5S. The third-order valence-corrected chi connectivity index (χ3v) is 5.60. The number of non-ortho nitro benzene ring substituents is 1. The third-order valence-electron chi connectivity index (χ3n) is 4.62. The van der Waals surface area contributed by atoms with E-state index in [-0.39, 0.29) is 35.7 Å². The molecule has 0 spiro atoms. The highest BCUT2D eigenvalue weighted by molar-refractivity contribution is 7.88. The lowest BCUT2D eigenvalue weighted by Crippen LogP contribution is -2.21. The molecule has 0 radical (unpaired) electrons. The number of rotatable bonds is 9. The Morgan fingerprint density at radius 3 is 2.68 bits per heavy atom. The van der Waals surface area contributed by atoms with Crippen molar-refractivity contribution in [2.45, 2.75) is 19.5 Å². The Morgan fingerprint density at radius 1 is 1.32 bits per heavy atom. The van der Waals surface area contributed by atoms with Gasteiger partial charge in [0, 0.05) is 24.7 Å². The fourth-order valence-electron chi connectivity index (χ4n) is 3.24. The van der Waals surface area contributed by atoms with Gasteiger partial charge in [0.15, 0.2) is 0 Å². The highest BCUT2D eigenvalue weighted by atomic mass is 35.5. The first-order valence-corrected chi connectivity index (χ1v) is 11.4. The van der Waals surface area contributed by atoms with Gasteiger partial charge >= 0.3 is 0 Å². The van der Waals surface area contributed by atoms with Crippen LogP contribution in [0.4, 0.5) is 10.1 Å². The maximum atomic E-state index is 12.8. The van der Waals surface area contributed by atoms with E-state index >= 15 is 0 Å². The van der Waals surface area contributed by atoms with Gasteiger partial charge < -0.3 is 4.74 Å². The maximum Gasteiger partial charge on any atom is 0.295 e. The number of aromatic nitrogens is 2. The van der Waals surface area contributed by atoms with Crippen LogP contribution < -0.4 is 9.46 Å². The molecule has 2 aromatic carbocycles. The predicted octanol–water partition coefficient (Wildman–Crippen LogP) is 3.68. The highest BCUT2D eigenvalue weighted by Gasteiger charge is 2.25. The second-order valence-corrected chi connectivity index (χ2v) is 9.02. The number of nitro groups is 1. The SMILES string of the molecule is COc1ccc(CNS(C)(=O)=O)c(-c2nn(CCCF)c3c([N+](=O)[O-])ccc(Cl)c23)c1. The van der Waals surface area contributed by atoms with E-state index in [9.17, 15) is 22.9 Å². The number of sulfonamides is 1. The molecule has 0 atom stereocenters. The number of nitrogens with one attached hydrogen (secondary N) is 1. The number of aryl methyl sites for hydroxylation is 1. The summed E-state index contributed by atoms with van der Waals surface area (Å²) in [6.45, 7) is -0.549. The van der Waals surface area contributed by atoms with E-state index in [2.05, 4.69) is 9.82 Å². The van der Waals surface area contributed by atoms with E-state index in [1.54, 1.807) is 18.2 Å². The Bertz CT molecular complexity index is 1250. The minimum Gasteiger partial charge on any atom is -0.497 e. The van der Waals surface area contributed by atoms with Crippen LogP contribution in [0.5, 0.6) is 5.75 Å². The van der Waals surface area contributed by atoms with Crippen molar-refractivity contribution in [2.24, 2.45) is 0 Å². The van der Waals surface area contributed by atoms with Crippen molar-refractivity contribution in [3.8, 4) is 17.0 Å². The lowest BCUT2D eigenvalue weighted by atomic mass is 10.0. The second kappa shape index (κ2) is 9.16. The lowest BCUT2D eigenvalue weighted by Gasteiger charge is -2.11. The van der Waals surface area contributed by atoms with Crippen LogP contribution in [0.3, 0.4) is 0 Å². The van der Waals surface area contributed by atoms with Crippen LogP contribution in [-0.2, 0) is 23.1 Å². The summed E-state index contributed by atoms with van der Waals surface area (Å²) in [5.74, 6) is 0.478. The van der Waals surface area contributed by atoms with E-state index < -0.39 is 21.6 Å². The molecule has 3 rings (SSSR count). The number of alkyl halides is 1. The van der Waals surface area contributed by atoms with Crippen molar-refractivity contribution in [2.75, 3.05) is 20.0 Å². The number of ether oxygens (including phenoxy) is 1. The first kappa shape index (κ1) is 22.9. The van der Waals surface area contributed by atoms with Crippen LogP contribution in [0.15, 0.2) is 30.3 Å². The molecule has 3 aromatic rings. The van der Waals surface area contributed by atoms with Crippen LogP contribution in [0.25, 0.3) is 22.2 Å². The summed E-state index contributed by atoms with van der Waals surface area (Å²) in [5.41, 5.74) is 1.32. The van der Waals surface area contributed by atoms with Crippen molar-refractivity contribution in [3.63, 3.8) is 0 Å². The topological polar surface area (TPSA) is 116 Å². The molecule has 0 fully saturated rings. The molecule has 1 heterocycles. The molecule has 31 heavy (non-hydrogen) atoms. The quantitative estimate of drug-likeness (QED) is 0.376. The smallest absolute Gasteiger partial charge is 0.295 e. The summed E-state index contributed by atoms with van der Waals surface area (Å²) in [5, 5.41) is 16.7. The van der Waals surface area contributed by atoms with Gasteiger partial charge in [0.1, 0.15) is 17.0 Å². The fraction of sp³-hybridized carbons (Fsp3) is 0.316. The van der Waals surface area contributed by atoms with E-state index in [0.717, 1.165) is 6.26 Å². The van der Waals surface area contributed by atoms with Crippen LogP contribution in [0.2, 0.25) is 5.02 Å². The molecule has 0 saturated heterocycles. The van der Waals surface area contributed by atoms with Crippen LogP contribution >= 0.6 is 11.6 Å². The molecule has 1 aromatic heterocycles. The average Bonchev–Trinajstić information content (AvgIpc) is 3.10. The molecule has 0 aliphatic carbocycles. The number of hydrogen-bond acceptors (Lipinski definition) is 6. The largest absolute Gasteiger partial charge is 0.497 e. The van der Waals surface area contributed by atoms with Gasteiger partial charge in [-0.3, -0.25) is 19.2 Å². The van der Waals surface area contributed by atoms with Crippen molar-refractivity contribution in [3.05, 3.63) is 51.0 Å². The summed E-state index contributed by atoms with van der Waals surface area (Å²) in [6, 6.07) is 7.66. The molecule has 1 N–H and O–H groups in total. The summed E-state index contributed by atoms with van der Waals surface area (Å²) in [6.07, 6.45) is 1.15. The molecule has 9 nitrogen and oxygen atoms in total. The van der Waals surface area contributed by atoms with Gasteiger partial charge in [-0.25, -0.2) is 13.1 Å². The van der Waals surface area contributed by atoms with Gasteiger partial charge in [-0.1, -0.05) is 17.7 Å². The molecular weight excluding hydrogens is 451 g/mol. The van der Waals surface area contributed by atoms with E-state index in [1.165, 1.54) is 23.9 Å². The van der Waals surface area contributed by atoms with Gasteiger partial charge in [-0.05, 0) is 30.2 Å². The van der Waals surface area contributed by atoms with Crippen molar-refractivity contribution >= 4 is 38.2 Å². The number of nitro benzene ring substituents is 1. The number of benzene rings is 2. The first-order valence-electron chi connectivity index (χ1n) is 9.17. The molecule has 0 bridgehead atoms. The Hall–Kier alpha value is -2.76. The first-order chi connectivity index (χ1) is 14.7. The standard InChI is InChI=1S/C19H20ClFN4O5S/c1-30-13-5-4-12(11-22-31(2,28)29)14(10-13)18-17-15(20)6-7-16(25(26)27)19(17)24(23-18)9-3-8-21/h4-7,10,22H,3,8-9,11H2,1-2H3. The van der Waals surface area contributed by atoms with E-state index in [1.807, 2.05) is 0 Å². The number of halogens is 2. The van der Waals surface area contributed by atoms with Gasteiger partial charge in [0.2, 0.25) is 10.0 Å². The second-order valence-electron chi connectivity index (χ2n) is 6.78. The van der Waals surface area contributed by atoms with Crippen molar-refractivity contribution in [1.82, 2.24) is 14.5 Å². The molecule has 0 saturated carbocycles. The summed E-state index contributed by atoms with van der Waals surface area (Å²) in [4.78, 5) is 11.1. The van der Waals surface area contributed by atoms with Crippen LogP contribution in [0, 0.1) is 10.1 Å². The Balaban J connectivity index is 2.32. The minimum absolute atomic E-state index is 0.0382. The minimum atomic E-state index is -3.48. The maximum absolute atomic E-state index is 12.8. The Morgan fingerprint density at radius 2 is 2.06 bits per heavy atom. The van der Waals surface area contributed by atoms with Crippen molar-refractivity contribution in [1.29, 1.82) is 0 Å². The molecule has 0 aliphatic rings. The zero-order valence-corrected chi connectivity index (χ0v) is 18.3. The lowest BCUT2D eigenvalue weighted by molar-refractivity contribution is -0.383. The van der Waals surface area contributed by atoms with Crippen LogP contribution in [0.1, 0.15) is 12.0 Å². The Labute approximate surface area is 183 Å². The average molecular weight is 471 g/mol. The number of nitrogens with zero attached hydrogens (tertiary/aromatic N) is 3. The molecule has 0 unspecified atom stereocenters. The van der Waals surface area contributed by atoms with E-state index in [4.69, 9.17) is 16.3 Å². The summed E-state index contributed by atoms with van der Waals surface area (Å²) < 4.78 is 45.1. The van der Waals surface area contributed by atoms with Crippen LogP contribution in [-0.4, -0.2) is 43.2 Å². The summed E-state index contributed by atoms with van der Waals surface area (Å²) >= 11 is 6.42. The third kappa shape index (κ3) is 4.94. The molecule has 0 aliphatic heterocycles. The van der Waals surface area contributed by atoms with Gasteiger partial charge in [0.25, 0.3) is 5.69 Å². The predicted molar refractivity (Wildman–Crippen MR) is 116 cm³/mol. The Kier molecular flexibility index (Phi) is 6.77. The number of fused-ring (bicyclic) bond motifs is 1. The zero-order chi connectivity index (χ0) is 22.8. The van der Waals surface area contributed by atoms with Crippen molar-refractivity contribution < 1.29 is 22.5 Å². The monoisotopic (exact) mass is 470 g/mol. The fourth-order valence-corrected chi connectivity index (χ4v) is 3.90. The van der Waals surface area contributed by atoms with Gasteiger partial charge in [-0.2, -0.15) is 5.10 Å². The number of methoxy groups -OCH3 is 1. The highest BCUT2D eigenvalue weighted by Crippen LogP contribution is 2.40. The molecule has 166 valence electrons. The summed E-state index contributed by atoms with van der Waals surface area (Å²) in [7, 11) is -2.00. The zero-order valence-electron chi connectivity index (χ0n) is 16.8. The molecule has 0 amide bonds. The normalized spacial score (nSPS) is 11.7. The van der Waals surface area contributed by atoms with E-state index in [0.29, 0.717) is 28.0 Å². The van der Waals surface area contributed by atoms with Gasteiger partial charge in [-0.15, -0.1) is 0 Å². The molecule has 12 heteroatoms. The number of hydrogen-bond donors (Lipinski definition) is 1. The van der Waals surface area contributed by atoms with Gasteiger partial charge in [0.05, 0.1) is 35.4 Å².